The highest BCUT2D eigenvalue weighted by Gasteiger charge is 2.67. The molecule has 1 N–H and O–H groups in total. The van der Waals surface area contributed by atoms with Gasteiger partial charge in [-0.25, -0.2) is 4.79 Å². The zero-order valence-electron chi connectivity index (χ0n) is 17.4. The van der Waals surface area contributed by atoms with E-state index in [-0.39, 0.29) is 28.4 Å². The summed E-state index contributed by atoms with van der Waals surface area (Å²) < 4.78 is 5.03. The molecule has 0 aromatic heterocycles. The summed E-state index contributed by atoms with van der Waals surface area (Å²) in [6.07, 6.45) is 7.18. The summed E-state index contributed by atoms with van der Waals surface area (Å²) in [6, 6.07) is 0. The van der Waals surface area contributed by atoms with E-state index < -0.39 is 12.1 Å². The van der Waals surface area contributed by atoms with Gasteiger partial charge in [0.15, 0.2) is 5.78 Å². The maximum atomic E-state index is 12.5. The molecule has 4 aliphatic rings. The van der Waals surface area contributed by atoms with E-state index in [0.717, 1.165) is 19.3 Å². The van der Waals surface area contributed by atoms with Crippen molar-refractivity contribution in [3.63, 3.8) is 0 Å². The van der Waals surface area contributed by atoms with Crippen molar-refractivity contribution in [3.05, 3.63) is 11.6 Å². The molecular weight excluding hydrogens is 340 g/mol. The van der Waals surface area contributed by atoms with Crippen LogP contribution < -0.4 is 0 Å². The van der Waals surface area contributed by atoms with Crippen molar-refractivity contribution in [2.24, 2.45) is 39.9 Å². The summed E-state index contributed by atoms with van der Waals surface area (Å²) in [4.78, 5) is 24.9. The Morgan fingerprint density at radius 3 is 2.48 bits per heavy atom. The number of aliphatic hydroxyl groups excluding tert-OH is 1. The van der Waals surface area contributed by atoms with Gasteiger partial charge < -0.3 is 9.84 Å². The van der Waals surface area contributed by atoms with Crippen LogP contribution >= 0.6 is 0 Å². The highest BCUT2D eigenvalue weighted by molar-refractivity contribution is 6.03. The van der Waals surface area contributed by atoms with Crippen LogP contribution in [0.25, 0.3) is 0 Å². The molecule has 4 aliphatic carbocycles. The number of carbonyl (C=O) groups excluding carboxylic acids is 2. The van der Waals surface area contributed by atoms with Crippen molar-refractivity contribution in [1.29, 1.82) is 0 Å². The SMILES string of the molecule is COC(=O)C1=CC(=O)C(O)C2C[C@@H]3[C@@]4(C)CCCC(C)(C)[C@@H]4CC[C@@]3(C)C12. The molecule has 0 heterocycles. The second-order valence-corrected chi connectivity index (χ2v) is 10.8. The molecule has 4 nitrogen and oxygen atoms in total. The highest BCUT2D eigenvalue weighted by atomic mass is 16.5. The fraction of sp³-hybridized carbons (Fsp3) is 0.826. The Morgan fingerprint density at radius 1 is 1.11 bits per heavy atom. The Labute approximate surface area is 162 Å². The lowest BCUT2D eigenvalue weighted by Crippen LogP contribution is -2.54. The van der Waals surface area contributed by atoms with E-state index in [4.69, 9.17) is 4.74 Å². The molecule has 0 saturated heterocycles. The third kappa shape index (κ3) is 2.44. The summed E-state index contributed by atoms with van der Waals surface area (Å²) in [5.74, 6) is 0.118. The normalized spacial score (nSPS) is 48.1. The minimum Gasteiger partial charge on any atom is -0.466 e. The Balaban J connectivity index is 1.80. The first-order valence-corrected chi connectivity index (χ1v) is 10.6. The molecule has 3 saturated carbocycles. The Kier molecular flexibility index (Phi) is 4.20. The van der Waals surface area contributed by atoms with Gasteiger partial charge in [0, 0.05) is 17.4 Å². The fourth-order valence-electron chi connectivity index (χ4n) is 8.23. The summed E-state index contributed by atoms with van der Waals surface area (Å²) >= 11 is 0. The van der Waals surface area contributed by atoms with E-state index in [1.807, 2.05) is 0 Å². The number of esters is 1. The van der Waals surface area contributed by atoms with E-state index in [0.29, 0.717) is 22.8 Å². The number of rotatable bonds is 1. The van der Waals surface area contributed by atoms with Crippen molar-refractivity contribution < 1.29 is 19.4 Å². The first-order valence-electron chi connectivity index (χ1n) is 10.6. The second kappa shape index (κ2) is 5.92. The molecular formula is C23H34O4. The van der Waals surface area contributed by atoms with Crippen LogP contribution in [0.3, 0.4) is 0 Å². The second-order valence-electron chi connectivity index (χ2n) is 10.8. The van der Waals surface area contributed by atoms with Gasteiger partial charge in [0.1, 0.15) is 6.10 Å². The van der Waals surface area contributed by atoms with Gasteiger partial charge in [-0.2, -0.15) is 0 Å². The molecule has 0 aromatic rings. The average Bonchev–Trinajstić information content (AvgIpc) is 2.91. The fourth-order valence-corrected chi connectivity index (χ4v) is 8.23. The van der Waals surface area contributed by atoms with Gasteiger partial charge in [0.05, 0.1) is 7.11 Å². The molecule has 4 rings (SSSR count). The number of hydrogen-bond donors (Lipinski definition) is 1. The van der Waals surface area contributed by atoms with Crippen LogP contribution in [-0.2, 0) is 14.3 Å². The predicted molar refractivity (Wildman–Crippen MR) is 103 cm³/mol. The minimum absolute atomic E-state index is 0.0644. The van der Waals surface area contributed by atoms with Crippen LogP contribution in [-0.4, -0.2) is 30.1 Å². The summed E-state index contributed by atoms with van der Waals surface area (Å²) in [5, 5.41) is 10.7. The number of methoxy groups -OCH3 is 1. The van der Waals surface area contributed by atoms with E-state index in [2.05, 4.69) is 27.7 Å². The van der Waals surface area contributed by atoms with Crippen molar-refractivity contribution >= 4 is 11.8 Å². The molecule has 0 bridgehead atoms. The first kappa shape index (κ1) is 19.2. The van der Waals surface area contributed by atoms with E-state index in [1.165, 1.54) is 32.4 Å². The van der Waals surface area contributed by atoms with Crippen LogP contribution in [0.4, 0.5) is 0 Å². The van der Waals surface area contributed by atoms with Gasteiger partial charge in [0.2, 0.25) is 0 Å². The predicted octanol–water partition coefficient (Wildman–Crippen LogP) is 3.91. The summed E-state index contributed by atoms with van der Waals surface area (Å²) in [7, 11) is 1.38. The third-order valence-corrected chi connectivity index (χ3v) is 9.24. The molecule has 0 aliphatic heterocycles. The molecule has 7 atom stereocenters. The number of hydrogen-bond acceptors (Lipinski definition) is 4. The maximum Gasteiger partial charge on any atom is 0.334 e. The van der Waals surface area contributed by atoms with Gasteiger partial charge >= 0.3 is 5.97 Å². The molecule has 3 unspecified atom stereocenters. The largest absolute Gasteiger partial charge is 0.466 e. The third-order valence-electron chi connectivity index (χ3n) is 9.24. The monoisotopic (exact) mass is 374 g/mol. The molecule has 27 heavy (non-hydrogen) atoms. The smallest absolute Gasteiger partial charge is 0.334 e. The molecule has 3 fully saturated rings. The van der Waals surface area contributed by atoms with Crippen molar-refractivity contribution in [3.8, 4) is 0 Å². The number of aliphatic hydroxyl groups is 1. The maximum absolute atomic E-state index is 12.5. The van der Waals surface area contributed by atoms with Gasteiger partial charge in [-0.3, -0.25) is 4.79 Å². The van der Waals surface area contributed by atoms with Crippen LogP contribution in [0, 0.1) is 39.9 Å². The first-order chi connectivity index (χ1) is 12.6. The number of carbonyl (C=O) groups is 2. The number of ether oxygens (including phenoxy) is 1. The van der Waals surface area contributed by atoms with Crippen molar-refractivity contribution in [2.45, 2.75) is 72.3 Å². The van der Waals surface area contributed by atoms with Gasteiger partial charge in [-0.1, -0.05) is 34.1 Å². The lowest BCUT2D eigenvalue weighted by Gasteiger charge is -2.62. The van der Waals surface area contributed by atoms with Crippen molar-refractivity contribution in [2.75, 3.05) is 7.11 Å². The van der Waals surface area contributed by atoms with Crippen LogP contribution in [0.15, 0.2) is 11.6 Å². The van der Waals surface area contributed by atoms with E-state index >= 15 is 0 Å². The van der Waals surface area contributed by atoms with E-state index in [1.54, 1.807) is 0 Å². The van der Waals surface area contributed by atoms with Crippen LogP contribution in [0.2, 0.25) is 0 Å². The zero-order chi connectivity index (χ0) is 19.8. The van der Waals surface area contributed by atoms with Crippen LogP contribution in [0.1, 0.15) is 66.2 Å². The Hall–Kier alpha value is -1.16. The quantitative estimate of drug-likeness (QED) is 0.707. The molecule has 0 spiro atoms. The zero-order valence-corrected chi connectivity index (χ0v) is 17.4. The average molecular weight is 375 g/mol. The molecule has 150 valence electrons. The molecule has 0 radical (unpaired) electrons. The van der Waals surface area contributed by atoms with E-state index in [9.17, 15) is 14.7 Å². The number of fused-ring (bicyclic) bond motifs is 5. The lowest BCUT2D eigenvalue weighted by molar-refractivity contribution is -0.142. The Bertz CT molecular complexity index is 707. The van der Waals surface area contributed by atoms with Gasteiger partial charge in [-0.15, -0.1) is 0 Å². The van der Waals surface area contributed by atoms with Gasteiger partial charge in [0.25, 0.3) is 0 Å². The standard InChI is InChI=1S/C23H34O4/c1-21(2)8-6-9-22(3)16(21)7-10-23(4)17(22)12-13-18(23)14(20(26)27-5)11-15(24)19(13)25/h11,13,16-19,25H,6-10,12H2,1-5H3/t13?,16-,17+,18?,19?,22-,23+/m0/s1. The topological polar surface area (TPSA) is 63.6 Å². The summed E-state index contributed by atoms with van der Waals surface area (Å²) in [6.45, 7) is 9.59. The van der Waals surface area contributed by atoms with Crippen LogP contribution in [0.5, 0.6) is 0 Å². The molecule has 0 aromatic carbocycles. The molecule has 0 amide bonds. The van der Waals surface area contributed by atoms with Crippen molar-refractivity contribution in [1.82, 2.24) is 0 Å². The summed E-state index contributed by atoms with van der Waals surface area (Å²) in [5.41, 5.74) is 0.971. The highest BCUT2D eigenvalue weighted by Crippen LogP contribution is 2.72. The Morgan fingerprint density at radius 2 is 1.81 bits per heavy atom. The number of ketones is 1. The minimum atomic E-state index is -0.982. The van der Waals surface area contributed by atoms with Gasteiger partial charge in [-0.05, 0) is 66.3 Å². The molecule has 4 heteroatoms. The lowest BCUT2D eigenvalue weighted by atomic mass is 9.43.